The maximum absolute atomic E-state index is 13.5. The lowest BCUT2D eigenvalue weighted by molar-refractivity contribution is -0.123. The minimum Gasteiger partial charge on any atom is -0.348 e. The molecule has 0 heterocycles. The van der Waals surface area contributed by atoms with Crippen LogP contribution in [0.15, 0.2) is 12.1 Å². The van der Waals surface area contributed by atoms with E-state index in [1.807, 2.05) is 13.8 Å². The zero-order valence-electron chi connectivity index (χ0n) is 11.7. The van der Waals surface area contributed by atoms with Crippen LogP contribution in [0.1, 0.15) is 38.8 Å². The van der Waals surface area contributed by atoms with Gasteiger partial charge in [-0.25, -0.2) is 4.39 Å². The second kappa shape index (κ2) is 7.25. The Morgan fingerprint density at radius 2 is 1.90 bits per heavy atom. The third kappa shape index (κ3) is 4.62. The molecule has 0 saturated heterocycles. The van der Waals surface area contributed by atoms with E-state index >= 15 is 0 Å². The average Bonchev–Trinajstić information content (AvgIpc) is 2.32. The summed E-state index contributed by atoms with van der Waals surface area (Å²) in [5.74, 6) is -0.529. The van der Waals surface area contributed by atoms with Gasteiger partial charge in [0, 0.05) is 5.02 Å². The normalized spacial score (nSPS) is 14.2. The van der Waals surface area contributed by atoms with E-state index in [2.05, 4.69) is 5.32 Å². The molecule has 0 aliphatic rings. The van der Waals surface area contributed by atoms with Gasteiger partial charge >= 0.3 is 0 Å². The Morgan fingerprint density at radius 1 is 1.30 bits per heavy atom. The molecule has 0 radical (unpaired) electrons. The number of nitrogens with one attached hydrogen (secondary N) is 1. The van der Waals surface area contributed by atoms with Crippen molar-refractivity contribution in [2.24, 2.45) is 11.7 Å². The van der Waals surface area contributed by atoms with E-state index in [1.165, 1.54) is 12.1 Å². The van der Waals surface area contributed by atoms with Crippen LogP contribution in [-0.2, 0) is 4.79 Å². The fourth-order valence-corrected chi connectivity index (χ4v) is 2.43. The highest BCUT2D eigenvalue weighted by molar-refractivity contribution is 6.35. The van der Waals surface area contributed by atoms with Crippen LogP contribution in [0.3, 0.4) is 0 Å². The molecule has 0 fully saturated rings. The number of carbonyl (C=O) groups excluding carboxylic acids is 1. The Hall–Kier alpha value is -0.840. The Bertz CT molecular complexity index is 494. The first-order valence-corrected chi connectivity index (χ1v) is 7.18. The fourth-order valence-electron chi connectivity index (χ4n) is 1.88. The Balaban J connectivity index is 2.79. The average molecular weight is 321 g/mol. The maximum Gasteiger partial charge on any atom is 0.237 e. The van der Waals surface area contributed by atoms with Gasteiger partial charge in [0.15, 0.2) is 0 Å². The van der Waals surface area contributed by atoms with Gasteiger partial charge in [-0.05, 0) is 37.0 Å². The van der Waals surface area contributed by atoms with Gasteiger partial charge in [-0.1, -0.05) is 37.0 Å². The molecule has 0 bridgehead atoms. The first-order valence-electron chi connectivity index (χ1n) is 6.42. The predicted octanol–water partition coefficient (Wildman–Crippen LogP) is 3.68. The van der Waals surface area contributed by atoms with Crippen molar-refractivity contribution in [1.82, 2.24) is 5.32 Å². The molecule has 3 nitrogen and oxygen atoms in total. The van der Waals surface area contributed by atoms with E-state index in [9.17, 15) is 9.18 Å². The van der Waals surface area contributed by atoms with Crippen molar-refractivity contribution in [1.29, 1.82) is 0 Å². The first kappa shape index (κ1) is 17.2. The minimum absolute atomic E-state index is 0.0474. The summed E-state index contributed by atoms with van der Waals surface area (Å²) in [6, 6.07) is 1.52. The minimum atomic E-state index is -0.589. The second-order valence-corrected chi connectivity index (χ2v) is 6.07. The van der Waals surface area contributed by atoms with Crippen LogP contribution >= 0.6 is 23.2 Å². The highest BCUT2D eigenvalue weighted by atomic mass is 35.5. The number of carbonyl (C=O) groups is 1. The molecule has 0 aliphatic carbocycles. The first-order chi connectivity index (χ1) is 9.22. The molecule has 2 atom stereocenters. The summed E-state index contributed by atoms with van der Waals surface area (Å²) in [6.07, 6.45) is 0.585. The molecule has 3 N–H and O–H groups in total. The second-order valence-electron chi connectivity index (χ2n) is 5.25. The molecule has 6 heteroatoms. The quantitative estimate of drug-likeness (QED) is 0.813. The van der Waals surface area contributed by atoms with E-state index in [1.54, 1.807) is 6.92 Å². The summed E-state index contributed by atoms with van der Waals surface area (Å²) in [4.78, 5) is 11.9. The van der Waals surface area contributed by atoms with E-state index in [4.69, 9.17) is 28.9 Å². The molecular formula is C14H19Cl2FN2O. The highest BCUT2D eigenvalue weighted by Gasteiger charge is 2.20. The van der Waals surface area contributed by atoms with Crippen LogP contribution in [0, 0.1) is 11.7 Å². The van der Waals surface area contributed by atoms with Gasteiger partial charge < -0.3 is 11.1 Å². The summed E-state index contributed by atoms with van der Waals surface area (Å²) in [5, 5.41) is 2.99. The monoisotopic (exact) mass is 320 g/mol. The van der Waals surface area contributed by atoms with E-state index < -0.39 is 17.9 Å². The number of nitrogens with two attached hydrogens (primary N) is 1. The van der Waals surface area contributed by atoms with Crippen LogP contribution in [0.4, 0.5) is 4.39 Å². The van der Waals surface area contributed by atoms with Crippen molar-refractivity contribution in [2.45, 2.75) is 39.3 Å². The molecule has 20 heavy (non-hydrogen) atoms. The lowest BCUT2D eigenvalue weighted by atomic mass is 10.0. The SMILES string of the molecule is CC(C)C[C@H](N)C(=O)NC(C)c1cc(F)c(Cl)cc1Cl. The molecule has 1 aromatic carbocycles. The zero-order valence-corrected chi connectivity index (χ0v) is 13.2. The van der Waals surface area contributed by atoms with Crippen LogP contribution < -0.4 is 11.1 Å². The molecule has 0 spiro atoms. The number of benzene rings is 1. The topological polar surface area (TPSA) is 55.1 Å². The van der Waals surface area contributed by atoms with Crippen LogP contribution in [0.5, 0.6) is 0 Å². The van der Waals surface area contributed by atoms with Crippen molar-refractivity contribution >= 4 is 29.1 Å². The maximum atomic E-state index is 13.5. The number of halogens is 3. The number of rotatable bonds is 5. The Morgan fingerprint density at radius 3 is 2.45 bits per heavy atom. The predicted molar refractivity (Wildman–Crippen MR) is 80.4 cm³/mol. The Labute approximate surface area is 128 Å². The number of hydrogen-bond acceptors (Lipinski definition) is 2. The van der Waals surface area contributed by atoms with E-state index in [0.29, 0.717) is 22.9 Å². The third-order valence-corrected chi connectivity index (χ3v) is 3.54. The van der Waals surface area contributed by atoms with Crippen molar-refractivity contribution < 1.29 is 9.18 Å². The van der Waals surface area contributed by atoms with Crippen LogP contribution in [0.2, 0.25) is 10.0 Å². The standard InChI is InChI=1S/C14H19Cl2FN2O/c1-7(2)4-13(18)14(20)19-8(3)9-5-12(17)11(16)6-10(9)15/h5-8,13H,4,18H2,1-3H3,(H,19,20)/t8?,13-/m0/s1. The Kier molecular flexibility index (Phi) is 6.24. The van der Waals surface area contributed by atoms with E-state index in [-0.39, 0.29) is 10.9 Å². The van der Waals surface area contributed by atoms with E-state index in [0.717, 1.165) is 0 Å². The van der Waals surface area contributed by atoms with Crippen LogP contribution in [-0.4, -0.2) is 11.9 Å². The molecule has 0 aliphatic heterocycles. The summed E-state index contributed by atoms with van der Waals surface area (Å²) < 4.78 is 13.5. The molecule has 112 valence electrons. The molecular weight excluding hydrogens is 302 g/mol. The van der Waals surface area contributed by atoms with Gasteiger partial charge in [0.1, 0.15) is 5.82 Å². The molecule has 1 unspecified atom stereocenters. The van der Waals surface area contributed by atoms with Crippen molar-refractivity contribution in [3.63, 3.8) is 0 Å². The summed E-state index contributed by atoms with van der Waals surface area (Å²) in [6.45, 7) is 5.69. The molecule has 1 amide bonds. The molecule has 0 aromatic heterocycles. The largest absolute Gasteiger partial charge is 0.348 e. The third-order valence-electron chi connectivity index (χ3n) is 2.93. The van der Waals surface area contributed by atoms with Gasteiger partial charge in [-0.2, -0.15) is 0 Å². The lowest BCUT2D eigenvalue weighted by Crippen LogP contribution is -2.42. The molecule has 1 rings (SSSR count). The zero-order chi connectivity index (χ0) is 15.4. The van der Waals surface area contributed by atoms with Gasteiger partial charge in [0.2, 0.25) is 5.91 Å². The van der Waals surface area contributed by atoms with Gasteiger partial charge in [0.05, 0.1) is 17.1 Å². The van der Waals surface area contributed by atoms with Crippen molar-refractivity contribution in [3.05, 3.63) is 33.6 Å². The van der Waals surface area contributed by atoms with Crippen molar-refractivity contribution in [3.8, 4) is 0 Å². The number of hydrogen-bond donors (Lipinski definition) is 2. The molecule has 0 saturated carbocycles. The van der Waals surface area contributed by atoms with Gasteiger partial charge in [-0.15, -0.1) is 0 Å². The van der Waals surface area contributed by atoms with Gasteiger partial charge in [-0.3, -0.25) is 4.79 Å². The van der Waals surface area contributed by atoms with Gasteiger partial charge in [0.25, 0.3) is 0 Å². The van der Waals surface area contributed by atoms with Crippen LogP contribution in [0.25, 0.3) is 0 Å². The smallest absolute Gasteiger partial charge is 0.237 e. The fraction of sp³-hybridized carbons (Fsp3) is 0.500. The summed E-state index contributed by atoms with van der Waals surface area (Å²) in [7, 11) is 0. The molecule has 1 aromatic rings. The van der Waals surface area contributed by atoms with Crippen molar-refractivity contribution in [2.75, 3.05) is 0 Å². The highest BCUT2D eigenvalue weighted by Crippen LogP contribution is 2.28. The lowest BCUT2D eigenvalue weighted by Gasteiger charge is -2.20. The summed E-state index contributed by atoms with van der Waals surface area (Å²) >= 11 is 11.6. The number of amides is 1. The summed E-state index contributed by atoms with van der Waals surface area (Å²) in [5.41, 5.74) is 6.27.